The second-order valence-electron chi connectivity index (χ2n) is 6.83. The molecule has 2 heterocycles. The van der Waals surface area contributed by atoms with Crippen molar-refractivity contribution in [1.29, 1.82) is 0 Å². The van der Waals surface area contributed by atoms with Crippen LogP contribution >= 0.6 is 0 Å². The Morgan fingerprint density at radius 3 is 2.32 bits per heavy atom. The zero-order valence-electron chi connectivity index (χ0n) is 16.1. The molecule has 0 spiro atoms. The minimum absolute atomic E-state index is 0.0678. The number of anilines is 4. The molecule has 31 heavy (non-hydrogen) atoms. The molecule has 1 N–H and O–H groups in total. The van der Waals surface area contributed by atoms with E-state index < -0.39 is 22.2 Å². The molecule has 8 nitrogen and oxygen atoms in total. The fourth-order valence-electron chi connectivity index (χ4n) is 3.45. The normalized spacial score (nSPS) is 13.9. The Morgan fingerprint density at radius 1 is 0.935 bits per heavy atom. The van der Waals surface area contributed by atoms with E-state index >= 15 is 0 Å². The van der Waals surface area contributed by atoms with Gasteiger partial charge in [0, 0.05) is 32.2 Å². The molecule has 1 saturated heterocycles. The summed E-state index contributed by atoms with van der Waals surface area (Å²) < 4.78 is 41.2. The molecule has 0 bridgehead atoms. The van der Waals surface area contributed by atoms with Crippen molar-refractivity contribution in [2.24, 2.45) is 0 Å². The van der Waals surface area contributed by atoms with Crippen molar-refractivity contribution in [2.45, 2.75) is 0 Å². The summed E-state index contributed by atoms with van der Waals surface area (Å²) in [5.74, 6) is -2.16. The summed E-state index contributed by atoms with van der Waals surface area (Å²) in [5.41, 5.74) is -0.113. The van der Waals surface area contributed by atoms with Gasteiger partial charge in [0.15, 0.2) is 0 Å². The van der Waals surface area contributed by atoms with Gasteiger partial charge in [-0.2, -0.15) is 0 Å². The summed E-state index contributed by atoms with van der Waals surface area (Å²) in [6.45, 7) is 1.57. The lowest BCUT2D eigenvalue weighted by Crippen LogP contribution is -2.47. The number of hydrogen-bond acceptors (Lipinski definition) is 7. The highest BCUT2D eigenvalue weighted by Crippen LogP contribution is 2.35. The first-order valence-electron chi connectivity index (χ1n) is 9.40. The molecule has 1 aliphatic rings. The molecule has 1 aliphatic heterocycles. The standard InChI is InChI=1S/C20H17F3N6O2/c21-13-5-6-16(15(23)11-13)26-19-18(29(30)31)20(25-12-24-19)28-9-7-27(8-10-28)17-4-2-1-3-14(17)22/h1-6,11-12H,7-10H2,(H,24,25,26). The number of rotatable bonds is 5. The predicted molar refractivity (Wildman–Crippen MR) is 109 cm³/mol. The number of piperazine rings is 1. The van der Waals surface area contributed by atoms with E-state index in [-0.39, 0.29) is 23.1 Å². The van der Waals surface area contributed by atoms with Gasteiger partial charge in [0.05, 0.1) is 16.3 Å². The fraction of sp³-hybridized carbons (Fsp3) is 0.200. The molecule has 160 valence electrons. The molecule has 11 heteroatoms. The number of hydrogen-bond donors (Lipinski definition) is 1. The molecule has 0 saturated carbocycles. The van der Waals surface area contributed by atoms with Gasteiger partial charge >= 0.3 is 5.69 Å². The summed E-state index contributed by atoms with van der Waals surface area (Å²) >= 11 is 0. The van der Waals surface area contributed by atoms with Crippen LogP contribution in [0.4, 0.5) is 41.9 Å². The van der Waals surface area contributed by atoms with Crippen LogP contribution in [0.15, 0.2) is 48.8 Å². The van der Waals surface area contributed by atoms with Crippen LogP contribution in [0.25, 0.3) is 0 Å². The quantitative estimate of drug-likeness (QED) is 0.486. The van der Waals surface area contributed by atoms with Crippen molar-refractivity contribution < 1.29 is 18.1 Å². The molecular formula is C20H17F3N6O2. The fourth-order valence-corrected chi connectivity index (χ4v) is 3.45. The van der Waals surface area contributed by atoms with Crippen molar-refractivity contribution in [3.05, 3.63) is 76.4 Å². The highest BCUT2D eigenvalue weighted by atomic mass is 19.1. The minimum Gasteiger partial charge on any atom is -0.366 e. The van der Waals surface area contributed by atoms with Crippen molar-refractivity contribution in [3.8, 4) is 0 Å². The van der Waals surface area contributed by atoms with Crippen LogP contribution in [0, 0.1) is 27.6 Å². The second kappa shape index (κ2) is 8.46. The van der Waals surface area contributed by atoms with Crippen LogP contribution in [0.2, 0.25) is 0 Å². The average molecular weight is 430 g/mol. The summed E-state index contributed by atoms with van der Waals surface area (Å²) in [7, 11) is 0. The number of nitro groups is 1. The van der Waals surface area contributed by atoms with Crippen LogP contribution in [0.1, 0.15) is 0 Å². The van der Waals surface area contributed by atoms with Crippen LogP contribution in [0.5, 0.6) is 0 Å². The third-order valence-electron chi connectivity index (χ3n) is 4.94. The number of nitrogens with zero attached hydrogens (tertiary/aromatic N) is 5. The van der Waals surface area contributed by atoms with E-state index in [1.165, 1.54) is 6.07 Å². The zero-order valence-corrected chi connectivity index (χ0v) is 16.1. The van der Waals surface area contributed by atoms with Gasteiger partial charge in [-0.05, 0) is 24.3 Å². The Kier molecular flexibility index (Phi) is 5.56. The largest absolute Gasteiger partial charge is 0.366 e. The maximum atomic E-state index is 14.1. The van der Waals surface area contributed by atoms with Crippen molar-refractivity contribution in [2.75, 3.05) is 41.3 Å². The van der Waals surface area contributed by atoms with E-state index in [0.717, 1.165) is 18.5 Å². The van der Waals surface area contributed by atoms with Crippen LogP contribution in [-0.2, 0) is 0 Å². The van der Waals surface area contributed by atoms with E-state index in [1.807, 2.05) is 4.90 Å². The summed E-state index contributed by atoms with van der Waals surface area (Å²) in [6, 6.07) is 9.23. The van der Waals surface area contributed by atoms with Gasteiger partial charge in [-0.25, -0.2) is 23.1 Å². The first-order chi connectivity index (χ1) is 14.9. The first kappa shape index (κ1) is 20.4. The Morgan fingerprint density at radius 2 is 1.65 bits per heavy atom. The zero-order chi connectivity index (χ0) is 22.0. The molecule has 3 aromatic rings. The van der Waals surface area contributed by atoms with Crippen molar-refractivity contribution in [3.63, 3.8) is 0 Å². The smallest absolute Gasteiger partial charge is 0.353 e. The monoisotopic (exact) mass is 430 g/mol. The summed E-state index contributed by atoms with van der Waals surface area (Å²) in [5, 5.41) is 14.3. The lowest BCUT2D eigenvalue weighted by Gasteiger charge is -2.36. The average Bonchev–Trinajstić information content (AvgIpc) is 2.76. The maximum absolute atomic E-state index is 14.1. The number of benzene rings is 2. The SMILES string of the molecule is O=[N+]([O-])c1c(Nc2ccc(F)cc2F)ncnc1N1CCN(c2ccccc2F)CC1. The molecule has 2 aromatic carbocycles. The Bertz CT molecular complexity index is 1120. The lowest BCUT2D eigenvalue weighted by molar-refractivity contribution is -0.383. The van der Waals surface area contributed by atoms with Crippen molar-refractivity contribution in [1.82, 2.24) is 9.97 Å². The summed E-state index contributed by atoms with van der Waals surface area (Å²) in [6.07, 6.45) is 1.13. The molecular weight excluding hydrogens is 413 g/mol. The van der Waals surface area contributed by atoms with Crippen LogP contribution < -0.4 is 15.1 Å². The topological polar surface area (TPSA) is 87.4 Å². The van der Waals surface area contributed by atoms with E-state index in [4.69, 9.17) is 0 Å². The lowest BCUT2D eigenvalue weighted by atomic mass is 10.2. The second-order valence-corrected chi connectivity index (χ2v) is 6.83. The first-order valence-corrected chi connectivity index (χ1v) is 9.40. The van der Waals surface area contributed by atoms with E-state index in [9.17, 15) is 23.3 Å². The number of aromatic nitrogens is 2. The third-order valence-corrected chi connectivity index (χ3v) is 4.94. The Hall–Kier alpha value is -3.89. The minimum atomic E-state index is -0.909. The van der Waals surface area contributed by atoms with E-state index in [2.05, 4.69) is 15.3 Å². The van der Waals surface area contributed by atoms with Gasteiger partial charge < -0.3 is 15.1 Å². The number of nitrogens with one attached hydrogen (secondary N) is 1. The highest BCUT2D eigenvalue weighted by molar-refractivity contribution is 5.74. The van der Waals surface area contributed by atoms with Crippen LogP contribution in [0.3, 0.4) is 0 Å². The van der Waals surface area contributed by atoms with Gasteiger partial charge in [-0.3, -0.25) is 10.1 Å². The van der Waals surface area contributed by atoms with Gasteiger partial charge in [-0.1, -0.05) is 12.1 Å². The highest BCUT2D eigenvalue weighted by Gasteiger charge is 2.30. The molecule has 0 unspecified atom stereocenters. The molecule has 0 aliphatic carbocycles. The molecule has 1 fully saturated rings. The van der Waals surface area contributed by atoms with Gasteiger partial charge in [-0.15, -0.1) is 0 Å². The number of para-hydroxylation sites is 1. The molecule has 0 atom stereocenters. The summed E-state index contributed by atoms with van der Waals surface area (Å²) in [4.78, 5) is 22.6. The Balaban J connectivity index is 1.58. The maximum Gasteiger partial charge on any atom is 0.353 e. The predicted octanol–water partition coefficient (Wildman–Crippen LogP) is 3.87. The van der Waals surface area contributed by atoms with Gasteiger partial charge in [0.2, 0.25) is 11.6 Å². The Labute approximate surface area is 175 Å². The third kappa shape index (κ3) is 4.20. The van der Waals surface area contributed by atoms with Gasteiger partial charge in [0.1, 0.15) is 23.8 Å². The van der Waals surface area contributed by atoms with Gasteiger partial charge in [0.25, 0.3) is 0 Å². The molecule has 4 rings (SSSR count). The van der Waals surface area contributed by atoms with Crippen LogP contribution in [-0.4, -0.2) is 41.1 Å². The van der Waals surface area contributed by atoms with Crippen molar-refractivity contribution >= 4 is 28.7 Å². The molecule has 0 radical (unpaired) electrons. The van der Waals surface area contributed by atoms with E-state index in [1.54, 1.807) is 23.1 Å². The molecule has 1 aromatic heterocycles. The number of halogens is 3. The van der Waals surface area contributed by atoms with E-state index in [0.29, 0.717) is 37.9 Å². The molecule has 0 amide bonds.